The summed E-state index contributed by atoms with van der Waals surface area (Å²) >= 11 is 0. The van der Waals surface area contributed by atoms with Gasteiger partial charge in [0, 0.05) is 43.6 Å². The van der Waals surface area contributed by atoms with E-state index >= 15 is 0 Å². The fourth-order valence-electron chi connectivity index (χ4n) is 2.46. The summed E-state index contributed by atoms with van der Waals surface area (Å²) in [6.07, 6.45) is 4.68. The molecule has 1 saturated heterocycles. The maximum absolute atomic E-state index is 12.6. The van der Waals surface area contributed by atoms with Gasteiger partial charge >= 0.3 is 0 Å². The summed E-state index contributed by atoms with van der Waals surface area (Å²) in [5, 5.41) is 3.28. The monoisotopic (exact) mass is 370 g/mol. The third kappa shape index (κ3) is 4.80. The summed E-state index contributed by atoms with van der Waals surface area (Å²) in [5.41, 5.74) is 0.621. The molecule has 0 radical (unpaired) electrons. The fourth-order valence-corrected chi connectivity index (χ4v) is 2.46. The molecule has 8 heteroatoms. The Morgan fingerprint density at radius 2 is 2.17 bits per heavy atom. The number of carbonyl (C=O) groups excluding carboxylic acids is 1. The van der Waals surface area contributed by atoms with Crippen LogP contribution in [0, 0.1) is 0 Å². The van der Waals surface area contributed by atoms with Gasteiger partial charge < -0.3 is 15.0 Å². The maximum Gasteiger partial charge on any atom is 0.254 e. The summed E-state index contributed by atoms with van der Waals surface area (Å²) in [6, 6.07) is 7.34. The van der Waals surface area contributed by atoms with E-state index in [0.717, 1.165) is 19.6 Å². The largest absolute Gasteiger partial charge is 0.437 e. The van der Waals surface area contributed by atoms with Crippen LogP contribution in [-0.4, -0.2) is 46.5 Å². The van der Waals surface area contributed by atoms with Gasteiger partial charge in [0.15, 0.2) is 0 Å². The summed E-state index contributed by atoms with van der Waals surface area (Å²) < 4.78 is 5.63. The van der Waals surface area contributed by atoms with Crippen LogP contribution in [0.5, 0.6) is 11.6 Å². The number of carbonyl (C=O) groups is 1. The van der Waals surface area contributed by atoms with E-state index in [1.807, 2.05) is 17.9 Å². The second-order valence-electron chi connectivity index (χ2n) is 5.23. The van der Waals surface area contributed by atoms with Crippen molar-refractivity contribution >= 4 is 30.7 Å². The smallest absolute Gasteiger partial charge is 0.254 e. The highest BCUT2D eigenvalue weighted by Gasteiger charge is 2.24. The van der Waals surface area contributed by atoms with E-state index in [2.05, 4.69) is 15.3 Å². The van der Waals surface area contributed by atoms with Gasteiger partial charge in [0.25, 0.3) is 5.91 Å². The van der Waals surface area contributed by atoms with E-state index in [4.69, 9.17) is 4.74 Å². The highest BCUT2D eigenvalue weighted by Crippen LogP contribution is 2.21. The molecule has 2 heterocycles. The minimum absolute atomic E-state index is 0. The van der Waals surface area contributed by atoms with E-state index < -0.39 is 0 Å². The molecule has 0 spiro atoms. The molecule has 1 aromatic heterocycles. The highest BCUT2D eigenvalue weighted by atomic mass is 35.5. The van der Waals surface area contributed by atoms with Crippen LogP contribution in [0.3, 0.4) is 0 Å². The summed E-state index contributed by atoms with van der Waals surface area (Å²) in [6.45, 7) is 4.41. The number of nitrogens with zero attached hydrogens (tertiary/aromatic N) is 3. The molecule has 2 aromatic rings. The summed E-state index contributed by atoms with van der Waals surface area (Å²) in [5.74, 6) is 1.01. The quantitative estimate of drug-likeness (QED) is 0.898. The normalized spacial score (nSPS) is 16.5. The van der Waals surface area contributed by atoms with Crippen LogP contribution in [0.1, 0.15) is 17.3 Å². The number of halogens is 2. The Balaban J connectivity index is 0.00000144. The third-order valence-electron chi connectivity index (χ3n) is 3.61. The molecular weight excluding hydrogens is 351 g/mol. The average molecular weight is 371 g/mol. The van der Waals surface area contributed by atoms with Crippen LogP contribution >= 0.6 is 24.8 Å². The highest BCUT2D eigenvalue weighted by molar-refractivity contribution is 5.95. The first-order valence-corrected chi connectivity index (χ1v) is 7.29. The molecular formula is C16H20Cl2N4O2. The lowest BCUT2D eigenvalue weighted by Gasteiger charge is -2.34. The van der Waals surface area contributed by atoms with Crippen molar-refractivity contribution < 1.29 is 9.53 Å². The maximum atomic E-state index is 12.6. The number of hydrogen-bond donors (Lipinski definition) is 1. The Morgan fingerprint density at radius 1 is 1.33 bits per heavy atom. The molecule has 0 aliphatic carbocycles. The van der Waals surface area contributed by atoms with Crippen molar-refractivity contribution in [2.24, 2.45) is 0 Å². The van der Waals surface area contributed by atoms with Crippen LogP contribution in [-0.2, 0) is 0 Å². The van der Waals surface area contributed by atoms with Gasteiger partial charge in [-0.15, -0.1) is 24.8 Å². The zero-order valence-electron chi connectivity index (χ0n) is 13.2. The van der Waals surface area contributed by atoms with Crippen LogP contribution in [0.4, 0.5) is 0 Å². The van der Waals surface area contributed by atoms with Gasteiger partial charge in [0.05, 0.1) is 6.20 Å². The SMILES string of the molecule is CC1CNCCN1C(=O)c1cccc(Oc2cnccn2)c1.Cl.Cl. The average Bonchev–Trinajstić information content (AvgIpc) is 2.56. The van der Waals surface area contributed by atoms with E-state index in [1.54, 1.807) is 30.6 Å². The van der Waals surface area contributed by atoms with Crippen LogP contribution < -0.4 is 10.1 Å². The Hall–Kier alpha value is -1.89. The third-order valence-corrected chi connectivity index (χ3v) is 3.61. The van der Waals surface area contributed by atoms with E-state index in [-0.39, 0.29) is 36.8 Å². The molecule has 1 N–H and O–H groups in total. The van der Waals surface area contributed by atoms with Gasteiger partial charge in [-0.1, -0.05) is 6.07 Å². The summed E-state index contributed by atoms with van der Waals surface area (Å²) in [4.78, 5) is 22.5. The molecule has 24 heavy (non-hydrogen) atoms. The predicted molar refractivity (Wildman–Crippen MR) is 96.4 cm³/mol. The Morgan fingerprint density at radius 3 is 2.88 bits per heavy atom. The molecule has 1 aromatic carbocycles. The number of benzene rings is 1. The molecule has 0 saturated carbocycles. The number of nitrogens with one attached hydrogen (secondary N) is 1. The first-order valence-electron chi connectivity index (χ1n) is 7.29. The molecule has 6 nitrogen and oxygen atoms in total. The van der Waals surface area contributed by atoms with Gasteiger partial charge in [-0.2, -0.15) is 0 Å². The standard InChI is InChI=1S/C16H18N4O2.2ClH/c1-12-10-18-7-8-20(12)16(21)13-3-2-4-14(9-13)22-15-11-17-5-6-19-15;;/h2-6,9,11-12,18H,7-8,10H2,1H3;2*1H. The van der Waals surface area contributed by atoms with E-state index in [1.165, 1.54) is 6.20 Å². The van der Waals surface area contributed by atoms with Crippen LogP contribution in [0.15, 0.2) is 42.9 Å². The molecule has 1 unspecified atom stereocenters. The van der Waals surface area contributed by atoms with Gasteiger partial charge in [0.1, 0.15) is 5.75 Å². The number of piperazine rings is 1. The zero-order valence-corrected chi connectivity index (χ0v) is 14.8. The molecule has 1 aliphatic heterocycles. The topological polar surface area (TPSA) is 67.4 Å². The van der Waals surface area contributed by atoms with Gasteiger partial charge in [-0.25, -0.2) is 4.98 Å². The van der Waals surface area contributed by atoms with Crippen molar-refractivity contribution in [1.82, 2.24) is 20.2 Å². The minimum atomic E-state index is 0. The number of ether oxygens (including phenoxy) is 1. The Bertz CT molecular complexity index is 658. The van der Waals surface area contributed by atoms with E-state index in [0.29, 0.717) is 17.2 Å². The van der Waals surface area contributed by atoms with Crippen molar-refractivity contribution in [3.05, 3.63) is 48.4 Å². The molecule has 3 rings (SSSR count). The second kappa shape index (κ2) is 9.42. The van der Waals surface area contributed by atoms with Crippen molar-refractivity contribution in [3.63, 3.8) is 0 Å². The number of aromatic nitrogens is 2. The molecule has 1 aliphatic rings. The molecule has 1 atom stereocenters. The fraction of sp³-hybridized carbons (Fsp3) is 0.312. The predicted octanol–water partition coefficient (Wildman–Crippen LogP) is 2.55. The Kier molecular flexibility index (Phi) is 7.91. The lowest BCUT2D eigenvalue weighted by molar-refractivity contribution is 0.0655. The molecule has 130 valence electrons. The number of hydrogen-bond acceptors (Lipinski definition) is 5. The molecule has 0 bridgehead atoms. The first kappa shape index (κ1) is 20.2. The molecule has 1 amide bonds. The lowest BCUT2D eigenvalue weighted by atomic mass is 10.1. The van der Waals surface area contributed by atoms with Gasteiger partial charge in [-0.05, 0) is 25.1 Å². The molecule has 1 fully saturated rings. The number of amides is 1. The van der Waals surface area contributed by atoms with Crippen molar-refractivity contribution in [2.45, 2.75) is 13.0 Å². The second-order valence-corrected chi connectivity index (χ2v) is 5.23. The lowest BCUT2D eigenvalue weighted by Crippen LogP contribution is -2.52. The van der Waals surface area contributed by atoms with Gasteiger partial charge in [-0.3, -0.25) is 9.78 Å². The van der Waals surface area contributed by atoms with Crippen LogP contribution in [0.25, 0.3) is 0 Å². The zero-order chi connectivity index (χ0) is 15.4. The first-order chi connectivity index (χ1) is 10.7. The van der Waals surface area contributed by atoms with Crippen molar-refractivity contribution in [3.8, 4) is 11.6 Å². The van der Waals surface area contributed by atoms with Crippen LogP contribution in [0.2, 0.25) is 0 Å². The van der Waals surface area contributed by atoms with E-state index in [9.17, 15) is 4.79 Å². The Labute approximate surface area is 153 Å². The van der Waals surface area contributed by atoms with Gasteiger partial charge in [0.2, 0.25) is 5.88 Å². The number of rotatable bonds is 3. The van der Waals surface area contributed by atoms with Crippen molar-refractivity contribution in [2.75, 3.05) is 19.6 Å². The summed E-state index contributed by atoms with van der Waals surface area (Å²) in [7, 11) is 0. The van der Waals surface area contributed by atoms with Crippen molar-refractivity contribution in [1.29, 1.82) is 0 Å². The minimum Gasteiger partial charge on any atom is -0.437 e.